The highest BCUT2D eigenvalue weighted by atomic mass is 16.8. The average molecular weight is 559 g/mol. The first-order valence-corrected chi connectivity index (χ1v) is 11.8. The largest absolute Gasteiger partial charge is 0.508 e. The third kappa shape index (κ3) is 9.96. The van der Waals surface area contributed by atoms with E-state index in [9.17, 15) is 34.2 Å². The van der Waals surface area contributed by atoms with Gasteiger partial charge in [-0.3, -0.25) is 10.1 Å². The molecule has 2 rings (SSSR count). The van der Waals surface area contributed by atoms with E-state index in [4.69, 9.17) is 18.9 Å². The van der Waals surface area contributed by atoms with Crippen molar-refractivity contribution in [1.82, 2.24) is 16.0 Å². The van der Waals surface area contributed by atoms with Gasteiger partial charge in [0.2, 0.25) is 17.6 Å². The zero-order chi connectivity index (χ0) is 29.7. The molecule has 5 atom stereocenters. The Morgan fingerprint density at radius 1 is 1.05 bits per heavy atom. The molecule has 0 spiro atoms. The fourth-order valence-corrected chi connectivity index (χ4v) is 3.42. The molecule has 16 heteroatoms. The van der Waals surface area contributed by atoms with Crippen LogP contribution in [0.15, 0.2) is 16.8 Å². The molecule has 0 aliphatic carbocycles. The van der Waals surface area contributed by atoms with Gasteiger partial charge in [0.25, 0.3) is 0 Å². The first-order valence-electron chi connectivity index (χ1n) is 11.8. The zero-order valence-corrected chi connectivity index (χ0v) is 22.6. The van der Waals surface area contributed by atoms with E-state index in [1.807, 2.05) is 0 Å². The van der Waals surface area contributed by atoms with Crippen LogP contribution in [-0.2, 0) is 33.3 Å². The molecule has 39 heavy (non-hydrogen) atoms. The lowest BCUT2D eigenvalue weighted by atomic mass is 9.92. The second-order valence-electron chi connectivity index (χ2n) is 10.6. The molecule has 3 amide bonds. The Kier molecular flexibility index (Phi) is 9.73. The number of hydrogen-bond acceptors (Lipinski definition) is 11. The predicted octanol–water partition coefficient (Wildman–Crippen LogP) is 0.529. The summed E-state index contributed by atoms with van der Waals surface area (Å²) in [5.74, 6) is -3.32. The number of amides is 3. The Morgan fingerprint density at radius 2 is 1.67 bits per heavy atom. The highest BCUT2D eigenvalue weighted by Crippen LogP contribution is 2.26. The van der Waals surface area contributed by atoms with E-state index in [0.717, 1.165) is 13.0 Å². The van der Waals surface area contributed by atoms with Gasteiger partial charge in [0.05, 0.1) is 12.1 Å². The van der Waals surface area contributed by atoms with Crippen LogP contribution in [0.2, 0.25) is 0 Å². The Labute approximate surface area is 224 Å². The van der Waals surface area contributed by atoms with Crippen LogP contribution in [0.4, 0.5) is 14.4 Å². The summed E-state index contributed by atoms with van der Waals surface area (Å²) in [6.45, 7) is 10.4. The maximum Gasteiger partial charge on any atom is 0.508 e. The van der Waals surface area contributed by atoms with Gasteiger partial charge in [-0.25, -0.2) is 19.2 Å². The minimum Gasteiger partial charge on any atom is -0.478 e. The average Bonchev–Trinajstić information content (AvgIpc) is 3.17. The summed E-state index contributed by atoms with van der Waals surface area (Å²) in [6, 6.07) is -2.51. The van der Waals surface area contributed by atoms with E-state index < -0.39 is 83.5 Å². The number of nitrogens with zero attached hydrogens (tertiary/aromatic N) is 1. The number of rotatable bonds is 5. The van der Waals surface area contributed by atoms with Gasteiger partial charge in [0, 0.05) is 6.92 Å². The third-order valence-corrected chi connectivity index (χ3v) is 4.77. The monoisotopic (exact) mass is 558 g/mol. The Bertz CT molecular complexity index is 1040. The third-order valence-electron chi connectivity index (χ3n) is 4.77. The van der Waals surface area contributed by atoms with Crippen LogP contribution in [-0.4, -0.2) is 94.6 Å². The zero-order valence-electron chi connectivity index (χ0n) is 22.6. The summed E-state index contributed by atoms with van der Waals surface area (Å²) in [5.41, 5.74) is -1.87. The number of carbonyl (C=O) groups is 5. The fraction of sp³-hybridized carbons (Fsp3) is 0.652. The minimum absolute atomic E-state index is 0.359. The first kappa shape index (κ1) is 31.1. The number of aliphatic imine (C=N–C) groups is 1. The maximum atomic E-state index is 12.5. The van der Waals surface area contributed by atoms with E-state index >= 15 is 0 Å². The summed E-state index contributed by atoms with van der Waals surface area (Å²) in [6.07, 6.45) is -6.58. The molecule has 0 saturated carbocycles. The number of cyclic esters (lactones) is 2. The van der Waals surface area contributed by atoms with Crippen molar-refractivity contribution in [1.29, 1.82) is 0 Å². The highest BCUT2D eigenvalue weighted by molar-refractivity contribution is 5.99. The molecule has 2 aliphatic rings. The first-order chi connectivity index (χ1) is 17.8. The summed E-state index contributed by atoms with van der Waals surface area (Å²) in [4.78, 5) is 63.9. The number of aliphatic carboxylic acids is 1. The lowest BCUT2D eigenvalue weighted by Gasteiger charge is -2.40. The van der Waals surface area contributed by atoms with Crippen molar-refractivity contribution in [2.24, 2.45) is 4.99 Å². The number of hydrogen-bond donors (Lipinski definition) is 5. The van der Waals surface area contributed by atoms with Crippen LogP contribution in [0.3, 0.4) is 0 Å². The standard InChI is InChI=1S/C23H34N4O12/c1-10(28)24-14-11(8-12(17(30)31)36-16(14)15(29)13-9-35-21(34)37-13)25-18(26-19(32)38-22(2,3)4)27-20(33)39-23(5,6)7/h8,11,13-16,29H,9H2,1-7H3,(H,24,28)(H,30,31)(H2,25,26,27,32,33)/t11-,13+,14+,15+,16+/m0/s1. The van der Waals surface area contributed by atoms with Gasteiger partial charge in [0.15, 0.2) is 12.2 Å². The number of ether oxygens (including phenoxy) is 5. The summed E-state index contributed by atoms with van der Waals surface area (Å²) >= 11 is 0. The van der Waals surface area contributed by atoms with Gasteiger partial charge >= 0.3 is 24.3 Å². The number of carboxylic acid groups (broad SMARTS) is 1. The number of carboxylic acids is 1. The number of alkyl carbamates (subject to hydrolysis) is 1. The Hall–Kier alpha value is -4.08. The van der Waals surface area contributed by atoms with Crippen molar-refractivity contribution < 1.29 is 57.9 Å². The Morgan fingerprint density at radius 3 is 2.15 bits per heavy atom. The molecule has 0 radical (unpaired) electrons. The van der Waals surface area contributed by atoms with E-state index in [1.54, 1.807) is 41.5 Å². The molecule has 5 N–H and O–H groups in total. The maximum absolute atomic E-state index is 12.5. The van der Waals surface area contributed by atoms with E-state index in [2.05, 4.69) is 25.7 Å². The van der Waals surface area contributed by atoms with Crippen LogP contribution >= 0.6 is 0 Å². The van der Waals surface area contributed by atoms with Crippen molar-refractivity contribution in [3.05, 3.63) is 11.8 Å². The number of nitrogens with one attached hydrogen (secondary N) is 3. The lowest BCUT2D eigenvalue weighted by Crippen LogP contribution is -2.64. The smallest absolute Gasteiger partial charge is 0.478 e. The molecule has 2 heterocycles. The minimum atomic E-state index is -1.68. The van der Waals surface area contributed by atoms with Crippen molar-refractivity contribution >= 4 is 36.2 Å². The molecule has 16 nitrogen and oxygen atoms in total. The molecule has 2 aliphatic heterocycles. The van der Waals surface area contributed by atoms with Crippen molar-refractivity contribution in [3.8, 4) is 0 Å². The fourth-order valence-electron chi connectivity index (χ4n) is 3.42. The van der Waals surface area contributed by atoms with Gasteiger partial charge in [-0.1, -0.05) is 0 Å². The SMILES string of the molecule is CC(=O)N[C@H]1[C@H]([C@H](O)[C@H]2COC(=O)O2)OC(C(=O)O)=C[C@@H]1N/C(=N/C(=O)OC(C)(C)C)NC(=O)OC(C)(C)C. The van der Waals surface area contributed by atoms with Crippen molar-refractivity contribution in [3.63, 3.8) is 0 Å². The van der Waals surface area contributed by atoms with Crippen molar-refractivity contribution in [2.45, 2.75) is 90.1 Å². The van der Waals surface area contributed by atoms with Crippen LogP contribution in [0, 0.1) is 0 Å². The predicted molar refractivity (Wildman–Crippen MR) is 130 cm³/mol. The van der Waals surface area contributed by atoms with E-state index in [-0.39, 0.29) is 6.61 Å². The van der Waals surface area contributed by atoms with Crippen LogP contribution in [0.1, 0.15) is 48.5 Å². The van der Waals surface area contributed by atoms with Gasteiger partial charge in [-0.05, 0) is 47.6 Å². The van der Waals surface area contributed by atoms with Gasteiger partial charge in [0.1, 0.15) is 23.9 Å². The summed E-state index contributed by atoms with van der Waals surface area (Å²) < 4.78 is 25.4. The topological polar surface area (TPSA) is 220 Å². The lowest BCUT2D eigenvalue weighted by molar-refractivity contribution is -0.144. The van der Waals surface area contributed by atoms with Gasteiger partial charge in [-0.15, -0.1) is 4.99 Å². The highest BCUT2D eigenvalue weighted by Gasteiger charge is 2.47. The van der Waals surface area contributed by atoms with Crippen LogP contribution in [0.5, 0.6) is 0 Å². The molecule has 0 aromatic carbocycles. The summed E-state index contributed by atoms with van der Waals surface area (Å²) in [7, 11) is 0. The second-order valence-corrected chi connectivity index (χ2v) is 10.6. The molecule has 0 aromatic heterocycles. The molecule has 0 bridgehead atoms. The molecule has 1 saturated heterocycles. The molecular formula is C23H34N4O12. The molecule has 0 unspecified atom stereocenters. The van der Waals surface area contributed by atoms with Crippen LogP contribution < -0.4 is 16.0 Å². The molecular weight excluding hydrogens is 524 g/mol. The molecule has 218 valence electrons. The summed E-state index contributed by atoms with van der Waals surface area (Å²) in [5, 5.41) is 28.0. The normalized spacial score (nSPS) is 24.2. The quantitative estimate of drug-likeness (QED) is 0.135. The van der Waals surface area contributed by atoms with E-state index in [1.165, 1.54) is 0 Å². The number of aliphatic hydroxyl groups is 1. The Balaban J connectivity index is 2.48. The molecule has 0 aromatic rings. The number of guanidine groups is 1. The number of carbonyl (C=O) groups excluding carboxylic acids is 4. The van der Waals surface area contributed by atoms with Crippen LogP contribution in [0.25, 0.3) is 0 Å². The number of aliphatic hydroxyl groups excluding tert-OH is 1. The van der Waals surface area contributed by atoms with Crippen molar-refractivity contribution in [2.75, 3.05) is 6.61 Å². The van der Waals surface area contributed by atoms with E-state index in [0.29, 0.717) is 0 Å². The second kappa shape index (κ2) is 12.2. The molecule has 1 fully saturated rings. The van der Waals surface area contributed by atoms with Gasteiger partial charge in [-0.2, -0.15) is 0 Å². The van der Waals surface area contributed by atoms with Gasteiger partial charge < -0.3 is 44.5 Å².